The van der Waals surface area contributed by atoms with Gasteiger partial charge in [0.2, 0.25) is 0 Å². The van der Waals surface area contributed by atoms with Gasteiger partial charge in [-0.05, 0) is 38.5 Å². The standard InChI is InChI=1S/C14H24N2O3/c1-14(7-3-2-4-8-14)16-13(19)15-11(9-12(17)18)10-5-6-10/h10-11H,2-9H2,1H3,(H,17,18)(H2,15,16,19). The summed E-state index contributed by atoms with van der Waals surface area (Å²) in [5, 5.41) is 14.8. The van der Waals surface area contributed by atoms with Gasteiger partial charge < -0.3 is 15.7 Å². The van der Waals surface area contributed by atoms with Crippen LogP contribution in [0, 0.1) is 5.92 Å². The topological polar surface area (TPSA) is 78.4 Å². The molecule has 5 nitrogen and oxygen atoms in total. The third kappa shape index (κ3) is 4.40. The molecule has 0 saturated heterocycles. The molecule has 0 radical (unpaired) electrons. The predicted molar refractivity (Wildman–Crippen MR) is 71.9 cm³/mol. The Balaban J connectivity index is 1.83. The van der Waals surface area contributed by atoms with E-state index >= 15 is 0 Å². The molecule has 2 saturated carbocycles. The minimum absolute atomic E-state index is 0.0226. The number of carbonyl (C=O) groups is 2. The quantitative estimate of drug-likeness (QED) is 0.715. The zero-order chi connectivity index (χ0) is 13.9. The van der Waals surface area contributed by atoms with Crippen LogP contribution in [0.3, 0.4) is 0 Å². The molecule has 0 bridgehead atoms. The lowest BCUT2D eigenvalue weighted by molar-refractivity contribution is -0.137. The van der Waals surface area contributed by atoms with Crippen LogP contribution in [0.4, 0.5) is 4.79 Å². The number of amides is 2. The van der Waals surface area contributed by atoms with Crippen LogP contribution < -0.4 is 10.6 Å². The van der Waals surface area contributed by atoms with Crippen molar-refractivity contribution in [1.29, 1.82) is 0 Å². The van der Waals surface area contributed by atoms with E-state index in [-0.39, 0.29) is 24.0 Å². The maximum Gasteiger partial charge on any atom is 0.315 e. The molecule has 2 rings (SSSR count). The van der Waals surface area contributed by atoms with E-state index in [0.717, 1.165) is 38.5 Å². The number of carbonyl (C=O) groups excluding carboxylic acids is 1. The van der Waals surface area contributed by atoms with E-state index < -0.39 is 5.97 Å². The molecule has 5 heteroatoms. The van der Waals surface area contributed by atoms with Crippen LogP contribution in [-0.4, -0.2) is 28.7 Å². The second-order valence-electron chi connectivity index (χ2n) is 6.26. The number of urea groups is 1. The first-order valence-electron chi connectivity index (χ1n) is 7.29. The molecule has 2 amide bonds. The molecule has 2 fully saturated rings. The number of aliphatic carboxylic acids is 1. The summed E-state index contributed by atoms with van der Waals surface area (Å²) >= 11 is 0. The molecule has 0 spiro atoms. The Hall–Kier alpha value is -1.26. The van der Waals surface area contributed by atoms with Crippen molar-refractivity contribution in [2.75, 3.05) is 0 Å². The molecule has 19 heavy (non-hydrogen) atoms. The minimum Gasteiger partial charge on any atom is -0.481 e. The highest BCUT2D eigenvalue weighted by Gasteiger charge is 2.35. The van der Waals surface area contributed by atoms with Crippen LogP contribution in [0.1, 0.15) is 58.3 Å². The number of carboxylic acid groups (broad SMARTS) is 1. The van der Waals surface area contributed by atoms with Crippen LogP contribution >= 0.6 is 0 Å². The SMILES string of the molecule is CC1(NC(=O)NC(CC(=O)O)C2CC2)CCCCC1. The van der Waals surface area contributed by atoms with Crippen LogP contribution in [0.15, 0.2) is 0 Å². The monoisotopic (exact) mass is 268 g/mol. The van der Waals surface area contributed by atoms with Crippen molar-refractivity contribution in [3.8, 4) is 0 Å². The first-order valence-corrected chi connectivity index (χ1v) is 7.29. The largest absolute Gasteiger partial charge is 0.481 e. The maximum atomic E-state index is 12.0. The molecule has 3 N–H and O–H groups in total. The number of carboxylic acids is 1. The van der Waals surface area contributed by atoms with Gasteiger partial charge in [-0.25, -0.2) is 4.79 Å². The van der Waals surface area contributed by atoms with Crippen molar-refractivity contribution >= 4 is 12.0 Å². The van der Waals surface area contributed by atoms with Crippen LogP contribution in [0.2, 0.25) is 0 Å². The average molecular weight is 268 g/mol. The smallest absolute Gasteiger partial charge is 0.315 e. The highest BCUT2D eigenvalue weighted by Crippen LogP contribution is 2.34. The highest BCUT2D eigenvalue weighted by molar-refractivity contribution is 5.76. The van der Waals surface area contributed by atoms with Gasteiger partial charge >= 0.3 is 12.0 Å². The van der Waals surface area contributed by atoms with Crippen molar-refractivity contribution in [3.63, 3.8) is 0 Å². The average Bonchev–Trinajstić information content (AvgIpc) is 3.11. The first kappa shape index (κ1) is 14.2. The second-order valence-corrected chi connectivity index (χ2v) is 6.26. The normalized spacial score (nSPS) is 23.4. The van der Waals surface area contributed by atoms with Gasteiger partial charge in [-0.1, -0.05) is 19.3 Å². The van der Waals surface area contributed by atoms with E-state index in [1.165, 1.54) is 6.42 Å². The fourth-order valence-corrected chi connectivity index (χ4v) is 2.96. The summed E-state index contributed by atoms with van der Waals surface area (Å²) in [5.41, 5.74) is -0.125. The van der Waals surface area contributed by atoms with E-state index in [4.69, 9.17) is 5.11 Å². The molecule has 0 aromatic rings. The zero-order valence-electron chi connectivity index (χ0n) is 11.6. The van der Waals surface area contributed by atoms with E-state index in [9.17, 15) is 9.59 Å². The van der Waals surface area contributed by atoms with Gasteiger partial charge in [-0.3, -0.25) is 4.79 Å². The lowest BCUT2D eigenvalue weighted by Gasteiger charge is -2.35. The Morgan fingerprint density at radius 2 is 1.89 bits per heavy atom. The third-order valence-corrected chi connectivity index (χ3v) is 4.27. The van der Waals surface area contributed by atoms with Crippen LogP contribution in [0.25, 0.3) is 0 Å². The first-order chi connectivity index (χ1) is 8.98. The summed E-state index contributed by atoms with van der Waals surface area (Å²) in [6.07, 6.45) is 7.62. The number of rotatable bonds is 5. The van der Waals surface area contributed by atoms with Crippen molar-refractivity contribution in [1.82, 2.24) is 10.6 Å². The van der Waals surface area contributed by atoms with Gasteiger partial charge in [0, 0.05) is 11.6 Å². The molecular weight excluding hydrogens is 244 g/mol. The number of hydrogen-bond donors (Lipinski definition) is 3. The Bertz CT molecular complexity index is 347. The summed E-state index contributed by atoms with van der Waals surface area (Å²) < 4.78 is 0. The Kier molecular flexibility index (Phi) is 4.32. The molecular formula is C14H24N2O3. The van der Waals surface area contributed by atoms with Gasteiger partial charge in [-0.2, -0.15) is 0 Å². The van der Waals surface area contributed by atoms with Gasteiger partial charge in [0.05, 0.1) is 6.42 Å². The lowest BCUT2D eigenvalue weighted by Crippen LogP contribution is -2.53. The zero-order valence-corrected chi connectivity index (χ0v) is 11.6. The number of nitrogens with one attached hydrogen (secondary N) is 2. The van der Waals surface area contributed by atoms with Crippen molar-refractivity contribution < 1.29 is 14.7 Å². The Morgan fingerprint density at radius 3 is 2.42 bits per heavy atom. The summed E-state index contributed by atoms with van der Waals surface area (Å²) in [7, 11) is 0. The van der Waals surface area contributed by atoms with Gasteiger partial charge in [-0.15, -0.1) is 0 Å². The molecule has 2 aliphatic rings. The molecule has 1 unspecified atom stereocenters. The molecule has 0 heterocycles. The fourth-order valence-electron chi connectivity index (χ4n) is 2.96. The molecule has 0 aromatic carbocycles. The summed E-state index contributed by atoms with van der Waals surface area (Å²) in [5.74, 6) is -0.498. The molecule has 0 aliphatic heterocycles. The predicted octanol–water partition coefficient (Wildman–Crippen LogP) is 2.26. The highest BCUT2D eigenvalue weighted by atomic mass is 16.4. The van der Waals surface area contributed by atoms with Gasteiger partial charge in [0.15, 0.2) is 0 Å². The molecule has 0 aromatic heterocycles. The summed E-state index contributed by atoms with van der Waals surface area (Å²) in [6, 6.07) is -0.424. The van der Waals surface area contributed by atoms with E-state index in [2.05, 4.69) is 17.6 Å². The molecule has 108 valence electrons. The summed E-state index contributed by atoms with van der Waals surface area (Å²) in [4.78, 5) is 22.8. The Morgan fingerprint density at radius 1 is 1.26 bits per heavy atom. The van der Waals surface area contributed by atoms with E-state index in [1.807, 2.05) is 0 Å². The van der Waals surface area contributed by atoms with Crippen molar-refractivity contribution in [2.24, 2.45) is 5.92 Å². The van der Waals surface area contributed by atoms with Crippen molar-refractivity contribution in [2.45, 2.75) is 69.9 Å². The minimum atomic E-state index is -0.846. The fraction of sp³-hybridized carbons (Fsp3) is 0.857. The van der Waals surface area contributed by atoms with Crippen LogP contribution in [-0.2, 0) is 4.79 Å². The van der Waals surface area contributed by atoms with Gasteiger partial charge in [0.1, 0.15) is 0 Å². The Labute approximate surface area is 114 Å². The van der Waals surface area contributed by atoms with E-state index in [0.29, 0.717) is 5.92 Å². The third-order valence-electron chi connectivity index (χ3n) is 4.27. The second kappa shape index (κ2) is 5.80. The maximum absolute atomic E-state index is 12.0. The lowest BCUT2D eigenvalue weighted by atomic mass is 9.83. The van der Waals surface area contributed by atoms with Gasteiger partial charge in [0.25, 0.3) is 0 Å². The summed E-state index contributed by atoms with van der Waals surface area (Å²) in [6.45, 7) is 2.08. The van der Waals surface area contributed by atoms with E-state index in [1.54, 1.807) is 0 Å². The van der Waals surface area contributed by atoms with Crippen LogP contribution in [0.5, 0.6) is 0 Å². The van der Waals surface area contributed by atoms with Crippen molar-refractivity contribution in [3.05, 3.63) is 0 Å². The molecule has 2 aliphatic carbocycles. The number of hydrogen-bond acceptors (Lipinski definition) is 2. The molecule has 1 atom stereocenters.